The van der Waals surface area contributed by atoms with E-state index in [-0.39, 0.29) is 11.9 Å². The number of likely N-dealkylation sites (N-methyl/N-ethyl adjacent to an activating group) is 1. The van der Waals surface area contributed by atoms with Gasteiger partial charge in [0.15, 0.2) is 0 Å². The van der Waals surface area contributed by atoms with E-state index in [1.165, 1.54) is 6.20 Å². The van der Waals surface area contributed by atoms with Crippen LogP contribution in [0.3, 0.4) is 0 Å². The molecule has 7 heteroatoms. The van der Waals surface area contributed by atoms with E-state index in [4.69, 9.17) is 27.9 Å². The lowest BCUT2D eigenvalue weighted by Crippen LogP contribution is -2.38. The summed E-state index contributed by atoms with van der Waals surface area (Å²) < 4.78 is 5.62. The van der Waals surface area contributed by atoms with Crippen LogP contribution in [0.25, 0.3) is 0 Å². The Balaban J connectivity index is 1.71. The summed E-state index contributed by atoms with van der Waals surface area (Å²) in [4.78, 5) is 18.4. The molecule has 0 aliphatic carbocycles. The van der Waals surface area contributed by atoms with Gasteiger partial charge in [-0.15, -0.1) is 0 Å². The molecular weight excluding hydrogens is 349 g/mol. The molecule has 5 nitrogen and oxygen atoms in total. The van der Waals surface area contributed by atoms with Crippen LogP contribution < -0.4 is 10.1 Å². The van der Waals surface area contributed by atoms with Gasteiger partial charge in [-0.2, -0.15) is 0 Å². The summed E-state index contributed by atoms with van der Waals surface area (Å²) in [5.41, 5.74) is 0.522. The molecule has 0 saturated carbocycles. The Labute approximate surface area is 150 Å². The SMILES string of the molecule is CN(C(=O)c1ccc(Oc2cccc(Cl)c2Cl)nc1)[C@@H]1CCNC1. The van der Waals surface area contributed by atoms with Crippen LogP contribution in [0.5, 0.6) is 11.6 Å². The van der Waals surface area contributed by atoms with E-state index >= 15 is 0 Å². The monoisotopic (exact) mass is 365 g/mol. The van der Waals surface area contributed by atoms with Gasteiger partial charge in [-0.1, -0.05) is 29.3 Å². The number of hydrogen-bond donors (Lipinski definition) is 1. The van der Waals surface area contributed by atoms with E-state index < -0.39 is 0 Å². The first-order chi connectivity index (χ1) is 11.6. The lowest BCUT2D eigenvalue weighted by atomic mass is 10.2. The molecule has 1 aromatic heterocycles. The quantitative estimate of drug-likeness (QED) is 0.898. The van der Waals surface area contributed by atoms with Gasteiger partial charge < -0.3 is 15.0 Å². The minimum Gasteiger partial charge on any atom is -0.437 e. The zero-order valence-corrected chi connectivity index (χ0v) is 14.6. The van der Waals surface area contributed by atoms with Crippen molar-refractivity contribution < 1.29 is 9.53 Å². The molecule has 1 amide bonds. The first kappa shape index (κ1) is 17.0. The zero-order valence-electron chi connectivity index (χ0n) is 13.1. The third kappa shape index (κ3) is 3.64. The van der Waals surface area contributed by atoms with Crippen molar-refractivity contribution in [3.8, 4) is 11.6 Å². The highest BCUT2D eigenvalue weighted by Crippen LogP contribution is 2.34. The number of rotatable bonds is 4. The first-order valence-electron chi connectivity index (χ1n) is 7.62. The maximum Gasteiger partial charge on any atom is 0.255 e. The Bertz CT molecular complexity index is 731. The van der Waals surface area contributed by atoms with E-state index in [2.05, 4.69) is 10.3 Å². The molecule has 0 unspecified atom stereocenters. The number of pyridine rings is 1. The Morgan fingerprint density at radius 3 is 2.83 bits per heavy atom. The minimum absolute atomic E-state index is 0.0523. The van der Waals surface area contributed by atoms with Crippen molar-refractivity contribution in [2.45, 2.75) is 12.5 Å². The zero-order chi connectivity index (χ0) is 17.1. The van der Waals surface area contributed by atoms with Crippen LogP contribution in [0.2, 0.25) is 10.0 Å². The van der Waals surface area contributed by atoms with Gasteiger partial charge in [0, 0.05) is 31.9 Å². The molecule has 1 saturated heterocycles. The Kier molecular flexibility index (Phi) is 5.23. The Hall–Kier alpha value is -1.82. The molecule has 3 rings (SSSR count). The Morgan fingerprint density at radius 2 is 2.17 bits per heavy atom. The average Bonchev–Trinajstić information content (AvgIpc) is 3.13. The average molecular weight is 366 g/mol. The van der Waals surface area contributed by atoms with Crippen LogP contribution in [0.4, 0.5) is 0 Å². The second-order valence-corrected chi connectivity index (χ2v) is 6.39. The number of aromatic nitrogens is 1. The van der Waals surface area contributed by atoms with E-state index in [0.717, 1.165) is 19.5 Å². The number of carbonyl (C=O) groups excluding carboxylic acids is 1. The van der Waals surface area contributed by atoms with Crippen LogP contribution in [-0.2, 0) is 0 Å². The molecule has 0 radical (unpaired) electrons. The number of benzene rings is 1. The number of nitrogens with one attached hydrogen (secondary N) is 1. The molecule has 1 N–H and O–H groups in total. The maximum atomic E-state index is 12.5. The van der Waals surface area contributed by atoms with Crippen LogP contribution in [-0.4, -0.2) is 42.0 Å². The van der Waals surface area contributed by atoms with Crippen LogP contribution in [0.15, 0.2) is 36.5 Å². The normalized spacial score (nSPS) is 16.9. The highest BCUT2D eigenvalue weighted by Gasteiger charge is 2.24. The highest BCUT2D eigenvalue weighted by atomic mass is 35.5. The molecule has 1 atom stereocenters. The molecule has 1 aromatic carbocycles. The molecule has 1 fully saturated rings. The van der Waals surface area contributed by atoms with Crippen molar-refractivity contribution >= 4 is 29.1 Å². The van der Waals surface area contributed by atoms with Crippen LogP contribution in [0.1, 0.15) is 16.8 Å². The molecule has 2 aromatic rings. The predicted molar refractivity (Wildman–Crippen MR) is 94.1 cm³/mol. The summed E-state index contributed by atoms with van der Waals surface area (Å²) in [7, 11) is 1.82. The van der Waals surface area contributed by atoms with Crippen LogP contribution in [0, 0.1) is 0 Å². The third-order valence-corrected chi connectivity index (χ3v) is 4.82. The number of halogens is 2. The fraction of sp³-hybridized carbons (Fsp3) is 0.294. The van der Waals surface area contributed by atoms with Gasteiger partial charge in [0.05, 0.1) is 10.6 Å². The fourth-order valence-corrected chi connectivity index (χ4v) is 2.91. The van der Waals surface area contributed by atoms with E-state index in [9.17, 15) is 4.79 Å². The van der Waals surface area contributed by atoms with Gasteiger partial charge in [-0.3, -0.25) is 4.79 Å². The number of hydrogen-bond acceptors (Lipinski definition) is 4. The number of carbonyl (C=O) groups is 1. The molecule has 0 spiro atoms. The Morgan fingerprint density at radius 1 is 1.33 bits per heavy atom. The molecular formula is C17H17Cl2N3O2. The van der Waals surface area contributed by atoms with Gasteiger partial charge >= 0.3 is 0 Å². The van der Waals surface area contributed by atoms with Crippen molar-refractivity contribution in [1.29, 1.82) is 0 Å². The molecule has 1 aliphatic heterocycles. The third-order valence-electron chi connectivity index (χ3n) is 4.02. The topological polar surface area (TPSA) is 54.5 Å². The largest absolute Gasteiger partial charge is 0.437 e. The van der Waals surface area contributed by atoms with Crippen molar-refractivity contribution in [3.05, 3.63) is 52.1 Å². The van der Waals surface area contributed by atoms with Crippen molar-refractivity contribution in [1.82, 2.24) is 15.2 Å². The van der Waals surface area contributed by atoms with E-state index in [1.54, 1.807) is 35.2 Å². The summed E-state index contributed by atoms with van der Waals surface area (Å²) in [6.07, 6.45) is 2.47. The minimum atomic E-state index is -0.0523. The van der Waals surface area contributed by atoms with E-state index in [1.807, 2.05) is 7.05 Å². The molecule has 2 heterocycles. The van der Waals surface area contributed by atoms with Gasteiger partial charge in [0.2, 0.25) is 5.88 Å². The van der Waals surface area contributed by atoms with Crippen molar-refractivity contribution in [3.63, 3.8) is 0 Å². The smallest absolute Gasteiger partial charge is 0.255 e. The van der Waals surface area contributed by atoms with E-state index in [0.29, 0.717) is 27.2 Å². The second kappa shape index (κ2) is 7.38. The van der Waals surface area contributed by atoms with Gasteiger partial charge in [-0.05, 0) is 31.2 Å². The predicted octanol–water partition coefficient (Wildman–Crippen LogP) is 3.61. The maximum absolute atomic E-state index is 12.5. The number of ether oxygens (including phenoxy) is 1. The number of nitrogens with zero attached hydrogens (tertiary/aromatic N) is 2. The summed E-state index contributed by atoms with van der Waals surface area (Å²) in [5, 5.41) is 3.99. The molecule has 126 valence electrons. The summed E-state index contributed by atoms with van der Waals surface area (Å²) in [5.74, 6) is 0.717. The summed E-state index contributed by atoms with van der Waals surface area (Å²) >= 11 is 12.0. The highest BCUT2D eigenvalue weighted by molar-refractivity contribution is 6.42. The standard InChI is InChI=1S/C17H17Cl2N3O2/c1-22(12-7-8-20-10-12)17(23)11-5-6-15(21-9-11)24-14-4-2-3-13(18)16(14)19/h2-6,9,12,20H,7-8,10H2,1H3/t12-/m1/s1. The van der Waals surface area contributed by atoms with Gasteiger partial charge in [-0.25, -0.2) is 4.98 Å². The van der Waals surface area contributed by atoms with Crippen LogP contribution >= 0.6 is 23.2 Å². The fourth-order valence-electron chi connectivity index (χ4n) is 2.58. The van der Waals surface area contributed by atoms with Gasteiger partial charge in [0.25, 0.3) is 5.91 Å². The van der Waals surface area contributed by atoms with Crippen molar-refractivity contribution in [2.75, 3.05) is 20.1 Å². The second-order valence-electron chi connectivity index (χ2n) is 5.60. The summed E-state index contributed by atoms with van der Waals surface area (Å²) in [6, 6.07) is 8.69. The van der Waals surface area contributed by atoms with Crippen molar-refractivity contribution in [2.24, 2.45) is 0 Å². The molecule has 24 heavy (non-hydrogen) atoms. The molecule has 0 bridgehead atoms. The van der Waals surface area contributed by atoms with Gasteiger partial charge in [0.1, 0.15) is 10.8 Å². The summed E-state index contributed by atoms with van der Waals surface area (Å²) in [6.45, 7) is 1.76. The number of amides is 1. The lowest BCUT2D eigenvalue weighted by Gasteiger charge is -2.23. The molecule has 1 aliphatic rings. The lowest BCUT2D eigenvalue weighted by molar-refractivity contribution is 0.0743. The first-order valence-corrected chi connectivity index (χ1v) is 8.37.